The van der Waals surface area contributed by atoms with Crippen LogP contribution in [0.2, 0.25) is 0 Å². The number of halogens is 1. The third-order valence-electron chi connectivity index (χ3n) is 7.20. The second-order valence-corrected chi connectivity index (χ2v) is 9.61. The molecule has 1 fully saturated rings. The first-order chi connectivity index (χ1) is 19.8. The lowest BCUT2D eigenvalue weighted by Crippen LogP contribution is -2.44. The highest BCUT2D eigenvalue weighted by Gasteiger charge is 2.53. The second kappa shape index (κ2) is 9.97. The summed E-state index contributed by atoms with van der Waals surface area (Å²) in [5.41, 5.74) is 8.28. The van der Waals surface area contributed by atoms with Gasteiger partial charge in [-0.3, -0.25) is 4.79 Å². The molecular weight excluding hydrogens is 531 g/mol. The van der Waals surface area contributed by atoms with Gasteiger partial charge in [0.25, 0.3) is 5.91 Å². The number of aromatic nitrogens is 7. The predicted octanol–water partition coefficient (Wildman–Crippen LogP) is 2.79. The molecule has 41 heavy (non-hydrogen) atoms. The van der Waals surface area contributed by atoms with E-state index in [2.05, 4.69) is 25.4 Å². The van der Waals surface area contributed by atoms with Gasteiger partial charge < -0.3 is 20.7 Å². The van der Waals surface area contributed by atoms with Gasteiger partial charge in [0.15, 0.2) is 5.65 Å². The summed E-state index contributed by atoms with van der Waals surface area (Å²) in [7, 11) is 3.11. The minimum Gasteiger partial charge on any atom is -0.496 e. The van der Waals surface area contributed by atoms with E-state index in [4.69, 9.17) is 15.6 Å². The zero-order chi connectivity index (χ0) is 28.7. The van der Waals surface area contributed by atoms with E-state index in [0.717, 1.165) is 21.9 Å². The van der Waals surface area contributed by atoms with Crippen molar-refractivity contribution in [1.82, 2.24) is 44.7 Å². The van der Waals surface area contributed by atoms with Crippen molar-refractivity contribution in [3.8, 4) is 17.0 Å². The van der Waals surface area contributed by atoms with E-state index < -0.39 is 17.4 Å². The molecule has 2 amide bonds. The molecule has 3 aromatic heterocycles. The number of nitrogens with one attached hydrogen (secondary N) is 1. The zero-order valence-electron chi connectivity index (χ0n) is 22.2. The number of hydrogen-bond donors (Lipinski definition) is 2. The molecule has 6 rings (SSSR count). The lowest BCUT2D eigenvalue weighted by atomic mass is 10.1. The number of nitrogens with two attached hydrogens (primary N) is 1. The summed E-state index contributed by atoms with van der Waals surface area (Å²) in [6.45, 7) is 0.206. The van der Waals surface area contributed by atoms with Crippen LogP contribution in [-0.2, 0) is 12.2 Å². The third kappa shape index (κ3) is 4.48. The number of amides is 2. The van der Waals surface area contributed by atoms with E-state index in [0.29, 0.717) is 29.6 Å². The van der Waals surface area contributed by atoms with Crippen LogP contribution in [0, 0.1) is 5.82 Å². The van der Waals surface area contributed by atoms with Gasteiger partial charge in [-0.1, -0.05) is 24.3 Å². The maximum absolute atomic E-state index is 13.7. The van der Waals surface area contributed by atoms with Crippen molar-refractivity contribution in [2.75, 3.05) is 19.9 Å². The van der Waals surface area contributed by atoms with Crippen LogP contribution in [0.1, 0.15) is 28.8 Å². The molecule has 3 heterocycles. The number of benzene rings is 2. The Morgan fingerprint density at radius 1 is 1.15 bits per heavy atom. The van der Waals surface area contributed by atoms with Gasteiger partial charge in [0.2, 0.25) is 0 Å². The third-order valence-corrected chi connectivity index (χ3v) is 7.20. The smallest absolute Gasteiger partial charge is 0.347 e. The summed E-state index contributed by atoms with van der Waals surface area (Å²) in [5.74, 6) is -0.446. The van der Waals surface area contributed by atoms with E-state index in [1.807, 2.05) is 24.3 Å². The maximum Gasteiger partial charge on any atom is 0.347 e. The zero-order valence-corrected chi connectivity index (χ0v) is 22.2. The summed E-state index contributed by atoms with van der Waals surface area (Å²) in [6, 6.07) is 10.8. The molecule has 1 saturated carbocycles. The predicted molar refractivity (Wildman–Crippen MR) is 145 cm³/mol. The first kappa shape index (κ1) is 25.9. The highest BCUT2D eigenvalue weighted by atomic mass is 19.1. The van der Waals surface area contributed by atoms with Gasteiger partial charge in [-0.05, 0) is 36.6 Å². The average Bonchev–Trinajstić information content (AvgIpc) is 3.40. The van der Waals surface area contributed by atoms with E-state index in [1.54, 1.807) is 16.6 Å². The number of nitrogen functional groups attached to an aromatic ring is 1. The normalized spacial score (nSPS) is 13.6. The van der Waals surface area contributed by atoms with Crippen molar-refractivity contribution >= 4 is 28.8 Å². The standard InChI is InChI=1S/C27H25FN10O3/c1-36(26(40)37-15-30-13-34-37)27(9-10-27)38-24-21(23(29)32-14-33-24)22(35-38)17-5-3-16(4-6-17)12-31-25(39)19-11-18(28)7-8-20(19)41-2/h3-8,11,13-15H,9-10,12H2,1-2H3,(H,31,39)(H2,29,32,33). The van der Waals surface area contributed by atoms with Crippen molar-refractivity contribution in [1.29, 1.82) is 0 Å². The fourth-order valence-electron chi connectivity index (χ4n) is 4.82. The van der Waals surface area contributed by atoms with Gasteiger partial charge in [-0.2, -0.15) is 14.9 Å². The van der Waals surface area contributed by atoms with Crippen LogP contribution < -0.4 is 15.8 Å². The second-order valence-electron chi connectivity index (χ2n) is 9.61. The average molecular weight is 557 g/mol. The molecule has 0 saturated heterocycles. The van der Waals surface area contributed by atoms with Crippen molar-refractivity contribution in [3.63, 3.8) is 0 Å². The monoisotopic (exact) mass is 556 g/mol. The number of hydrogen-bond acceptors (Lipinski definition) is 9. The number of fused-ring (bicyclic) bond motifs is 1. The molecule has 5 aromatic rings. The van der Waals surface area contributed by atoms with Crippen LogP contribution in [0.25, 0.3) is 22.3 Å². The Bertz CT molecular complexity index is 1760. The topological polar surface area (TPSA) is 159 Å². The van der Waals surface area contributed by atoms with E-state index in [9.17, 15) is 14.0 Å². The molecule has 3 N–H and O–H groups in total. The van der Waals surface area contributed by atoms with Crippen LogP contribution >= 0.6 is 0 Å². The Kier molecular flexibility index (Phi) is 6.29. The van der Waals surface area contributed by atoms with Gasteiger partial charge >= 0.3 is 6.03 Å². The molecule has 0 unspecified atom stereocenters. The largest absolute Gasteiger partial charge is 0.496 e. The summed E-state index contributed by atoms with van der Waals surface area (Å²) in [6.07, 6.45) is 5.35. The molecule has 0 radical (unpaired) electrons. The fraction of sp³-hybridized carbons (Fsp3) is 0.222. The molecule has 1 aliphatic rings. The summed E-state index contributed by atoms with van der Waals surface area (Å²) < 4.78 is 21.8. The van der Waals surface area contributed by atoms with Crippen LogP contribution in [0.4, 0.5) is 15.0 Å². The Morgan fingerprint density at radius 2 is 1.93 bits per heavy atom. The number of carbonyl (C=O) groups excluding carboxylic acids is 2. The SMILES string of the molecule is COc1ccc(F)cc1C(=O)NCc1ccc(-c2nn(C3(N(C)C(=O)n4cncn4)CC3)c3ncnc(N)c23)cc1. The Labute approximate surface area is 232 Å². The van der Waals surface area contributed by atoms with Gasteiger partial charge in [-0.15, -0.1) is 0 Å². The summed E-state index contributed by atoms with van der Waals surface area (Å²) in [5, 5.41) is 12.2. The fourth-order valence-corrected chi connectivity index (χ4v) is 4.82. The molecule has 0 bridgehead atoms. The summed E-state index contributed by atoms with van der Waals surface area (Å²) in [4.78, 5) is 39.8. The lowest BCUT2D eigenvalue weighted by molar-refractivity contribution is 0.0947. The molecule has 13 nitrogen and oxygen atoms in total. The summed E-state index contributed by atoms with van der Waals surface area (Å²) >= 11 is 0. The van der Waals surface area contributed by atoms with Crippen molar-refractivity contribution in [3.05, 3.63) is 78.4 Å². The maximum atomic E-state index is 13.7. The molecule has 2 aromatic carbocycles. The minimum absolute atomic E-state index is 0.109. The van der Waals surface area contributed by atoms with Crippen LogP contribution in [0.5, 0.6) is 5.75 Å². The minimum atomic E-state index is -0.748. The molecule has 0 atom stereocenters. The number of methoxy groups -OCH3 is 1. The quantitative estimate of drug-likeness (QED) is 0.307. The molecule has 0 spiro atoms. The molecule has 208 valence electrons. The highest BCUT2D eigenvalue weighted by Crippen LogP contribution is 2.48. The molecule has 14 heteroatoms. The number of anilines is 1. The van der Waals surface area contributed by atoms with E-state index in [1.165, 1.54) is 38.2 Å². The number of rotatable bonds is 7. The van der Waals surface area contributed by atoms with Crippen LogP contribution in [-0.4, -0.2) is 65.5 Å². The number of carbonyl (C=O) groups is 2. The lowest BCUT2D eigenvalue weighted by Gasteiger charge is -2.28. The molecule has 0 aliphatic heterocycles. The van der Waals surface area contributed by atoms with Gasteiger partial charge in [0, 0.05) is 19.2 Å². The molecule has 1 aliphatic carbocycles. The Morgan fingerprint density at radius 3 is 2.61 bits per heavy atom. The van der Waals surface area contributed by atoms with E-state index in [-0.39, 0.29) is 29.7 Å². The van der Waals surface area contributed by atoms with Crippen molar-refractivity contribution in [2.45, 2.75) is 25.0 Å². The van der Waals surface area contributed by atoms with Gasteiger partial charge in [0.1, 0.15) is 47.7 Å². The number of nitrogens with zero attached hydrogens (tertiary/aromatic N) is 8. The Balaban J connectivity index is 1.28. The first-order valence-corrected chi connectivity index (χ1v) is 12.7. The van der Waals surface area contributed by atoms with E-state index >= 15 is 0 Å². The Hall–Kier alpha value is -5.40. The van der Waals surface area contributed by atoms with Gasteiger partial charge in [0.05, 0.1) is 18.1 Å². The highest BCUT2D eigenvalue weighted by molar-refractivity contribution is 5.99. The van der Waals surface area contributed by atoms with Crippen LogP contribution in [0.3, 0.4) is 0 Å². The van der Waals surface area contributed by atoms with Gasteiger partial charge in [-0.25, -0.2) is 28.8 Å². The van der Waals surface area contributed by atoms with Crippen LogP contribution in [0.15, 0.2) is 61.4 Å². The van der Waals surface area contributed by atoms with Crippen molar-refractivity contribution < 1.29 is 18.7 Å². The number of ether oxygens (including phenoxy) is 1. The first-order valence-electron chi connectivity index (χ1n) is 12.7. The molecular formula is C27H25FN10O3. The van der Waals surface area contributed by atoms with Crippen molar-refractivity contribution in [2.24, 2.45) is 0 Å².